The molecule has 0 fully saturated rings. The van der Waals surface area contributed by atoms with Gasteiger partial charge < -0.3 is 4.57 Å². The minimum absolute atomic E-state index is 0.356. The van der Waals surface area contributed by atoms with Crippen LogP contribution in [0.15, 0.2) is 0 Å². The van der Waals surface area contributed by atoms with Crippen LogP contribution in [0.25, 0.3) is 0 Å². The first-order valence-corrected chi connectivity index (χ1v) is 6.47. The zero-order valence-electron chi connectivity index (χ0n) is 8.37. The molecule has 0 amide bonds. The molecule has 0 aromatic rings. The van der Waals surface area contributed by atoms with Gasteiger partial charge in [-0.2, -0.15) is 5.26 Å². The first kappa shape index (κ1) is 11.7. The molecular formula is C9H18NOP. The molecule has 12 heavy (non-hydrogen) atoms. The topological polar surface area (TPSA) is 40.9 Å². The van der Waals surface area contributed by atoms with Crippen LogP contribution in [-0.2, 0) is 4.57 Å². The second kappa shape index (κ2) is 4.67. The highest BCUT2D eigenvalue weighted by molar-refractivity contribution is 7.68. The molecule has 0 saturated heterocycles. The van der Waals surface area contributed by atoms with E-state index >= 15 is 0 Å². The van der Waals surface area contributed by atoms with E-state index in [1.54, 1.807) is 0 Å². The molecule has 0 N–H and O–H groups in total. The average molecular weight is 187 g/mol. The molecule has 0 unspecified atom stereocenters. The number of rotatable bonds is 4. The molecule has 2 nitrogen and oxygen atoms in total. The Balaban J connectivity index is 4.29. The lowest BCUT2D eigenvalue weighted by Crippen LogP contribution is -2.04. The zero-order valence-corrected chi connectivity index (χ0v) is 9.27. The van der Waals surface area contributed by atoms with E-state index in [2.05, 4.69) is 0 Å². The highest BCUT2D eigenvalue weighted by Gasteiger charge is 2.23. The van der Waals surface area contributed by atoms with Crippen molar-refractivity contribution in [3.63, 3.8) is 0 Å². The van der Waals surface area contributed by atoms with Gasteiger partial charge in [0.05, 0.1) is 0 Å². The molecule has 0 heterocycles. The molecule has 0 aliphatic rings. The second-order valence-corrected chi connectivity index (χ2v) is 6.85. The highest BCUT2D eigenvalue weighted by atomic mass is 31.2. The summed E-state index contributed by atoms with van der Waals surface area (Å²) >= 11 is 0. The van der Waals surface area contributed by atoms with Crippen molar-refractivity contribution in [1.82, 2.24) is 0 Å². The summed E-state index contributed by atoms with van der Waals surface area (Å²) < 4.78 is 11.8. The van der Waals surface area contributed by atoms with E-state index < -0.39 is 7.14 Å². The van der Waals surface area contributed by atoms with Gasteiger partial charge in [-0.25, -0.2) is 0 Å². The third kappa shape index (κ3) is 4.57. The number of hydrogen-bond donors (Lipinski definition) is 0. The van der Waals surface area contributed by atoms with Gasteiger partial charge in [0, 0.05) is 12.3 Å². The minimum Gasteiger partial charge on any atom is -0.308 e. The van der Waals surface area contributed by atoms with Crippen LogP contribution in [0.1, 0.15) is 27.7 Å². The maximum Gasteiger partial charge on any atom is 0.182 e. The van der Waals surface area contributed by atoms with Gasteiger partial charge in [-0.3, -0.25) is 0 Å². The van der Waals surface area contributed by atoms with Crippen LogP contribution < -0.4 is 0 Å². The maximum atomic E-state index is 11.8. The molecule has 0 radical (unpaired) electrons. The number of nitriles is 1. The van der Waals surface area contributed by atoms with Gasteiger partial charge >= 0.3 is 0 Å². The molecule has 0 atom stereocenters. The molecule has 0 aliphatic heterocycles. The fourth-order valence-corrected chi connectivity index (χ4v) is 4.01. The molecule has 0 aliphatic carbocycles. The van der Waals surface area contributed by atoms with Crippen molar-refractivity contribution in [3.8, 4) is 5.81 Å². The van der Waals surface area contributed by atoms with E-state index in [9.17, 15) is 4.57 Å². The van der Waals surface area contributed by atoms with E-state index in [-0.39, 0.29) is 0 Å². The summed E-state index contributed by atoms with van der Waals surface area (Å²) in [5.41, 5.74) is 0. The monoisotopic (exact) mass is 187 g/mol. The summed E-state index contributed by atoms with van der Waals surface area (Å²) in [7, 11) is -2.51. The van der Waals surface area contributed by atoms with Crippen LogP contribution in [-0.4, -0.2) is 12.3 Å². The minimum atomic E-state index is -2.51. The molecule has 0 aromatic carbocycles. The lowest BCUT2D eigenvalue weighted by molar-refractivity contribution is 0.563. The van der Waals surface area contributed by atoms with E-state index in [0.717, 1.165) is 0 Å². The summed E-state index contributed by atoms with van der Waals surface area (Å²) in [5, 5.41) is 8.77. The van der Waals surface area contributed by atoms with Gasteiger partial charge in [-0.1, -0.05) is 27.7 Å². The summed E-state index contributed by atoms with van der Waals surface area (Å²) in [5.74, 6) is 2.71. The van der Waals surface area contributed by atoms with E-state index in [1.807, 2.05) is 33.5 Å². The van der Waals surface area contributed by atoms with Crippen molar-refractivity contribution in [3.05, 3.63) is 0 Å². The standard InChI is InChI=1S/C9H18NOP/c1-8(2)5-12(11,7-10)6-9(3)4/h8-9H,5-6H2,1-4H3. The van der Waals surface area contributed by atoms with Crippen LogP contribution in [0.2, 0.25) is 0 Å². The zero-order chi connectivity index (χ0) is 9.78. The van der Waals surface area contributed by atoms with Gasteiger partial charge in [0.15, 0.2) is 7.14 Å². The number of nitrogens with zero attached hydrogens (tertiary/aromatic N) is 1. The van der Waals surface area contributed by atoms with Crippen LogP contribution in [0.5, 0.6) is 0 Å². The second-order valence-electron chi connectivity index (χ2n) is 4.14. The molecular weight excluding hydrogens is 169 g/mol. The molecule has 0 saturated carbocycles. The first-order valence-electron chi connectivity index (χ1n) is 4.39. The Morgan fingerprint density at radius 3 is 1.67 bits per heavy atom. The van der Waals surface area contributed by atoms with Crippen molar-refractivity contribution in [2.75, 3.05) is 12.3 Å². The van der Waals surface area contributed by atoms with Crippen LogP contribution in [0, 0.1) is 22.9 Å². The predicted molar refractivity (Wildman–Crippen MR) is 52.6 cm³/mol. The summed E-state index contributed by atoms with van der Waals surface area (Å²) in [4.78, 5) is 0. The Hall–Kier alpha value is -0.280. The quantitative estimate of drug-likeness (QED) is 0.634. The SMILES string of the molecule is CC(C)CP(=O)(C#N)CC(C)C. The van der Waals surface area contributed by atoms with Gasteiger partial charge in [0.1, 0.15) is 5.81 Å². The third-order valence-electron chi connectivity index (χ3n) is 1.50. The summed E-state index contributed by atoms with van der Waals surface area (Å²) in [6, 6.07) is 0. The molecule has 0 bridgehead atoms. The summed E-state index contributed by atoms with van der Waals surface area (Å²) in [6.45, 7) is 8.02. The molecule has 70 valence electrons. The van der Waals surface area contributed by atoms with Crippen molar-refractivity contribution < 1.29 is 4.57 Å². The smallest absolute Gasteiger partial charge is 0.182 e. The van der Waals surface area contributed by atoms with E-state index in [1.165, 1.54) is 0 Å². The van der Waals surface area contributed by atoms with Crippen molar-refractivity contribution in [2.24, 2.45) is 11.8 Å². The highest BCUT2D eigenvalue weighted by Crippen LogP contribution is 2.47. The Morgan fingerprint density at radius 2 is 1.50 bits per heavy atom. The van der Waals surface area contributed by atoms with Gasteiger partial charge in [0.25, 0.3) is 0 Å². The Kier molecular flexibility index (Phi) is 4.57. The molecule has 3 heteroatoms. The van der Waals surface area contributed by atoms with Gasteiger partial charge in [0.2, 0.25) is 0 Å². The molecule has 0 aromatic heterocycles. The van der Waals surface area contributed by atoms with E-state index in [4.69, 9.17) is 5.26 Å². The van der Waals surface area contributed by atoms with Crippen molar-refractivity contribution in [2.45, 2.75) is 27.7 Å². The Bertz CT molecular complexity index is 201. The Morgan fingerprint density at radius 1 is 1.17 bits per heavy atom. The first-order chi connectivity index (χ1) is 5.39. The number of hydrogen-bond acceptors (Lipinski definition) is 2. The normalized spacial score (nSPS) is 12.1. The van der Waals surface area contributed by atoms with E-state index in [0.29, 0.717) is 24.2 Å². The van der Waals surface area contributed by atoms with Gasteiger partial charge in [-0.15, -0.1) is 0 Å². The van der Waals surface area contributed by atoms with Crippen LogP contribution in [0.4, 0.5) is 0 Å². The molecule has 0 spiro atoms. The fraction of sp³-hybridized carbons (Fsp3) is 0.889. The summed E-state index contributed by atoms with van der Waals surface area (Å²) in [6.07, 6.45) is 1.14. The maximum absolute atomic E-state index is 11.8. The van der Waals surface area contributed by atoms with Crippen molar-refractivity contribution in [1.29, 1.82) is 5.26 Å². The van der Waals surface area contributed by atoms with Crippen LogP contribution in [0.3, 0.4) is 0 Å². The Labute approximate surface area is 75.3 Å². The third-order valence-corrected chi connectivity index (χ3v) is 4.51. The van der Waals surface area contributed by atoms with Gasteiger partial charge in [-0.05, 0) is 11.8 Å². The predicted octanol–water partition coefficient (Wildman–Crippen LogP) is 3.14. The largest absolute Gasteiger partial charge is 0.308 e. The average Bonchev–Trinajstić information content (AvgIpc) is 1.83. The van der Waals surface area contributed by atoms with Crippen molar-refractivity contribution >= 4 is 7.14 Å². The molecule has 0 rings (SSSR count). The lowest BCUT2D eigenvalue weighted by atomic mass is 10.3. The van der Waals surface area contributed by atoms with Crippen LogP contribution >= 0.6 is 7.14 Å². The lowest BCUT2D eigenvalue weighted by Gasteiger charge is -2.14. The fourth-order valence-electron chi connectivity index (χ4n) is 1.34.